The molecule has 9 heteroatoms. The van der Waals surface area contributed by atoms with Crippen LogP contribution in [0.5, 0.6) is 11.5 Å². The fourth-order valence-corrected chi connectivity index (χ4v) is 4.29. The quantitative estimate of drug-likeness (QED) is 0.469. The smallest absolute Gasteiger partial charge is 0.330 e. The summed E-state index contributed by atoms with van der Waals surface area (Å²) in [4.78, 5) is 33.0. The normalized spacial score (nSPS) is 15.8. The van der Waals surface area contributed by atoms with Crippen molar-refractivity contribution in [2.45, 2.75) is 32.0 Å². The van der Waals surface area contributed by atoms with E-state index in [0.29, 0.717) is 41.5 Å². The maximum Gasteiger partial charge on any atom is 0.330 e. The number of benzene rings is 2. The molecule has 1 atom stereocenters. The summed E-state index contributed by atoms with van der Waals surface area (Å²) in [6.07, 6.45) is 1.77. The van der Waals surface area contributed by atoms with Crippen LogP contribution in [0.3, 0.4) is 0 Å². The van der Waals surface area contributed by atoms with E-state index in [4.69, 9.17) is 14.5 Å². The molecular weight excluding hydrogens is 424 g/mol. The molecule has 1 unspecified atom stereocenters. The highest BCUT2D eigenvalue weighted by Gasteiger charge is 2.24. The molecule has 33 heavy (non-hydrogen) atoms. The number of phenols is 1. The van der Waals surface area contributed by atoms with Crippen LogP contribution in [-0.4, -0.2) is 44.0 Å². The Morgan fingerprint density at radius 2 is 2.00 bits per heavy atom. The van der Waals surface area contributed by atoms with E-state index < -0.39 is 11.2 Å². The fraction of sp³-hybridized carbons (Fsp3) is 0.292. The van der Waals surface area contributed by atoms with Crippen LogP contribution in [0, 0.1) is 0 Å². The summed E-state index contributed by atoms with van der Waals surface area (Å²) in [5.74, 6) is 0.789. The average Bonchev–Trinajstić information content (AvgIpc) is 3.46. The van der Waals surface area contributed by atoms with Gasteiger partial charge in [-0.2, -0.15) is 0 Å². The van der Waals surface area contributed by atoms with Crippen molar-refractivity contribution in [3.05, 3.63) is 74.9 Å². The van der Waals surface area contributed by atoms with Crippen LogP contribution in [-0.2, 0) is 17.8 Å². The van der Waals surface area contributed by atoms with Crippen LogP contribution in [0.1, 0.15) is 18.4 Å². The first-order valence-corrected chi connectivity index (χ1v) is 10.8. The summed E-state index contributed by atoms with van der Waals surface area (Å²) < 4.78 is 14.4. The van der Waals surface area contributed by atoms with Gasteiger partial charge in [-0.1, -0.05) is 30.3 Å². The molecule has 0 amide bonds. The van der Waals surface area contributed by atoms with Gasteiger partial charge in [-0.25, -0.2) is 9.78 Å². The second-order valence-electron chi connectivity index (χ2n) is 8.07. The second-order valence-corrected chi connectivity index (χ2v) is 8.07. The number of ether oxygens (including phenoxy) is 2. The molecule has 2 N–H and O–H groups in total. The summed E-state index contributed by atoms with van der Waals surface area (Å²) in [5.41, 5.74) is 1.15. The first kappa shape index (κ1) is 21.0. The Bertz CT molecular complexity index is 1410. The standard InChI is InChI=1S/C24H24N4O5/c1-32-19-12-16(9-10-18(19)29)21-25-22-20(27(21)14-17-8-5-11-33-17)23(30)26-24(31)28(22)13-15-6-3-2-4-7-15/h2-4,6-7,9-10,12,17,29H,5,8,11,13-14H2,1H3,(H,26,30,31). The Hall–Kier alpha value is -3.85. The zero-order chi connectivity index (χ0) is 22.9. The number of aromatic amines is 1. The molecule has 0 saturated carbocycles. The summed E-state index contributed by atoms with van der Waals surface area (Å²) in [6, 6.07) is 14.4. The van der Waals surface area contributed by atoms with Gasteiger partial charge in [-0.05, 0) is 36.6 Å². The van der Waals surface area contributed by atoms with Gasteiger partial charge in [-0.3, -0.25) is 14.3 Å². The number of imidazole rings is 1. The van der Waals surface area contributed by atoms with Gasteiger partial charge in [0.2, 0.25) is 0 Å². The summed E-state index contributed by atoms with van der Waals surface area (Å²) in [7, 11) is 1.47. The van der Waals surface area contributed by atoms with Crippen molar-refractivity contribution >= 4 is 11.2 Å². The predicted octanol–water partition coefficient (Wildman–Crippen LogP) is 2.49. The van der Waals surface area contributed by atoms with Crippen molar-refractivity contribution in [2.75, 3.05) is 13.7 Å². The highest BCUT2D eigenvalue weighted by Crippen LogP contribution is 2.32. The van der Waals surface area contributed by atoms with E-state index in [1.807, 2.05) is 30.3 Å². The lowest BCUT2D eigenvalue weighted by atomic mass is 10.1. The van der Waals surface area contributed by atoms with E-state index in [1.165, 1.54) is 17.7 Å². The maximum absolute atomic E-state index is 13.0. The summed E-state index contributed by atoms with van der Waals surface area (Å²) >= 11 is 0. The molecule has 9 nitrogen and oxygen atoms in total. The number of aromatic hydroxyl groups is 1. The zero-order valence-corrected chi connectivity index (χ0v) is 18.2. The number of methoxy groups -OCH3 is 1. The largest absolute Gasteiger partial charge is 0.504 e. The van der Waals surface area contributed by atoms with Gasteiger partial charge in [0.1, 0.15) is 5.82 Å². The van der Waals surface area contributed by atoms with E-state index >= 15 is 0 Å². The van der Waals surface area contributed by atoms with Crippen molar-refractivity contribution in [2.24, 2.45) is 0 Å². The minimum absolute atomic E-state index is 0.00173. The monoisotopic (exact) mass is 448 g/mol. The van der Waals surface area contributed by atoms with Crippen LogP contribution < -0.4 is 16.0 Å². The number of fused-ring (bicyclic) bond motifs is 1. The Morgan fingerprint density at radius 3 is 2.73 bits per heavy atom. The molecule has 1 aliphatic heterocycles. The van der Waals surface area contributed by atoms with Crippen molar-refractivity contribution in [3.63, 3.8) is 0 Å². The molecule has 1 saturated heterocycles. The van der Waals surface area contributed by atoms with Crippen molar-refractivity contribution in [1.29, 1.82) is 0 Å². The van der Waals surface area contributed by atoms with Crippen LogP contribution >= 0.6 is 0 Å². The first-order valence-electron chi connectivity index (χ1n) is 10.8. The zero-order valence-electron chi connectivity index (χ0n) is 18.2. The van der Waals surface area contributed by atoms with Crippen molar-refractivity contribution < 1.29 is 14.6 Å². The Balaban J connectivity index is 1.74. The summed E-state index contributed by atoms with van der Waals surface area (Å²) in [5, 5.41) is 10.0. The van der Waals surface area contributed by atoms with E-state index in [-0.39, 0.29) is 18.4 Å². The third-order valence-electron chi connectivity index (χ3n) is 5.92. The molecular formula is C24H24N4O5. The van der Waals surface area contributed by atoms with Crippen LogP contribution in [0.4, 0.5) is 0 Å². The van der Waals surface area contributed by atoms with E-state index in [0.717, 1.165) is 18.4 Å². The van der Waals surface area contributed by atoms with Gasteiger partial charge < -0.3 is 19.1 Å². The van der Waals surface area contributed by atoms with Gasteiger partial charge in [0, 0.05) is 12.2 Å². The average molecular weight is 448 g/mol. The second kappa shape index (κ2) is 8.59. The minimum Gasteiger partial charge on any atom is -0.504 e. The number of nitrogens with one attached hydrogen (secondary N) is 1. The molecule has 5 rings (SSSR count). The lowest BCUT2D eigenvalue weighted by molar-refractivity contribution is 0.0982. The molecule has 170 valence electrons. The number of rotatable bonds is 6. The molecule has 0 bridgehead atoms. The number of aromatic nitrogens is 4. The molecule has 3 heterocycles. The third-order valence-corrected chi connectivity index (χ3v) is 5.92. The van der Waals surface area contributed by atoms with Gasteiger partial charge >= 0.3 is 5.69 Å². The van der Waals surface area contributed by atoms with E-state index in [9.17, 15) is 14.7 Å². The Labute approximate surface area is 188 Å². The number of hydrogen-bond donors (Lipinski definition) is 2. The van der Waals surface area contributed by atoms with Crippen LogP contribution in [0.15, 0.2) is 58.1 Å². The minimum atomic E-state index is -0.520. The third kappa shape index (κ3) is 3.91. The highest BCUT2D eigenvalue weighted by atomic mass is 16.5. The maximum atomic E-state index is 13.0. The first-order chi connectivity index (χ1) is 16.0. The SMILES string of the molecule is COc1cc(-c2nc3c(c(=O)[nH]c(=O)n3Cc3ccccc3)n2CC2CCCO2)ccc1O. The fourth-order valence-electron chi connectivity index (χ4n) is 4.29. The summed E-state index contributed by atoms with van der Waals surface area (Å²) in [6.45, 7) is 1.36. The van der Waals surface area contributed by atoms with Gasteiger partial charge in [-0.15, -0.1) is 0 Å². The van der Waals surface area contributed by atoms with E-state index in [2.05, 4.69) is 4.98 Å². The van der Waals surface area contributed by atoms with Gasteiger partial charge in [0.25, 0.3) is 5.56 Å². The Kier molecular flexibility index (Phi) is 5.47. The lowest BCUT2D eigenvalue weighted by Crippen LogP contribution is -2.32. The molecule has 2 aromatic heterocycles. The Morgan fingerprint density at radius 1 is 1.18 bits per heavy atom. The van der Waals surface area contributed by atoms with Crippen molar-refractivity contribution in [1.82, 2.24) is 19.1 Å². The molecule has 1 aliphatic rings. The topological polar surface area (TPSA) is 111 Å². The number of H-pyrrole nitrogens is 1. The van der Waals surface area contributed by atoms with Crippen LogP contribution in [0.25, 0.3) is 22.6 Å². The molecule has 0 radical (unpaired) electrons. The lowest BCUT2D eigenvalue weighted by Gasteiger charge is -2.14. The number of phenolic OH excluding ortho intramolecular Hbond substituents is 1. The molecule has 4 aromatic rings. The molecule has 1 fully saturated rings. The molecule has 0 aliphatic carbocycles. The van der Waals surface area contributed by atoms with Crippen molar-refractivity contribution in [3.8, 4) is 22.9 Å². The number of hydrogen-bond acceptors (Lipinski definition) is 6. The van der Waals surface area contributed by atoms with Gasteiger partial charge in [0.15, 0.2) is 22.7 Å². The van der Waals surface area contributed by atoms with E-state index in [1.54, 1.807) is 16.7 Å². The highest BCUT2D eigenvalue weighted by molar-refractivity contribution is 5.77. The van der Waals surface area contributed by atoms with Crippen LogP contribution in [0.2, 0.25) is 0 Å². The molecule has 2 aromatic carbocycles. The van der Waals surface area contributed by atoms with Gasteiger partial charge in [0.05, 0.1) is 26.3 Å². The predicted molar refractivity (Wildman–Crippen MR) is 123 cm³/mol. The number of nitrogens with zero attached hydrogens (tertiary/aromatic N) is 3. The molecule has 0 spiro atoms.